The molecule has 2 aromatic rings. The minimum absolute atomic E-state index is 0.209. The molecule has 0 unspecified atom stereocenters. The lowest BCUT2D eigenvalue weighted by Crippen LogP contribution is -2.11. The lowest BCUT2D eigenvalue weighted by atomic mass is 10.1. The number of carboxylic acid groups (broad SMARTS) is 1. The molecule has 0 aliphatic carbocycles. The highest BCUT2D eigenvalue weighted by Gasteiger charge is 2.14. The van der Waals surface area contributed by atoms with Crippen LogP contribution in [0.3, 0.4) is 0 Å². The van der Waals surface area contributed by atoms with E-state index in [2.05, 4.69) is 15.2 Å². The molecule has 0 aliphatic heterocycles. The molecule has 0 saturated carbocycles. The number of aromatic nitrogens is 3. The Morgan fingerprint density at radius 1 is 1.44 bits per heavy atom. The maximum atomic E-state index is 11.4. The molecule has 3 N–H and O–H groups in total. The Morgan fingerprint density at radius 2 is 2.25 bits per heavy atom. The Hall–Kier alpha value is -2.37. The molecular weight excluding hydrogens is 210 g/mol. The van der Waals surface area contributed by atoms with Crippen molar-refractivity contribution in [1.82, 2.24) is 15.2 Å². The molecule has 0 atom stereocenters. The highest BCUT2D eigenvalue weighted by atomic mass is 16.4. The van der Waals surface area contributed by atoms with Gasteiger partial charge in [0.1, 0.15) is 0 Å². The van der Waals surface area contributed by atoms with Gasteiger partial charge in [-0.25, -0.2) is 0 Å². The van der Waals surface area contributed by atoms with Crippen LogP contribution in [0.2, 0.25) is 0 Å². The van der Waals surface area contributed by atoms with E-state index in [1.165, 1.54) is 0 Å². The maximum absolute atomic E-state index is 11.4. The number of carboxylic acids is 1. The van der Waals surface area contributed by atoms with Crippen LogP contribution in [-0.2, 0) is 11.2 Å². The van der Waals surface area contributed by atoms with Crippen molar-refractivity contribution < 1.29 is 9.90 Å². The number of carbonyl (C=O) groups is 1. The minimum Gasteiger partial charge on any atom is -0.481 e. The quantitative estimate of drug-likeness (QED) is 0.695. The predicted octanol–water partition coefficient (Wildman–Crippen LogP) is 0.392. The first kappa shape index (κ1) is 10.2. The third-order valence-corrected chi connectivity index (χ3v) is 2.16. The molecule has 16 heavy (non-hydrogen) atoms. The number of hydrogen-bond donors (Lipinski definition) is 3. The Morgan fingerprint density at radius 3 is 2.88 bits per heavy atom. The van der Waals surface area contributed by atoms with E-state index in [0.29, 0.717) is 11.3 Å². The number of rotatable bonds is 3. The van der Waals surface area contributed by atoms with Gasteiger partial charge in [0.2, 0.25) is 0 Å². The SMILES string of the molecule is O=C(O)Cc1c(-c2cccnc2)[nH][nH]c1=O. The molecule has 2 aromatic heterocycles. The third kappa shape index (κ3) is 1.85. The number of aromatic amines is 2. The minimum atomic E-state index is -1.05. The molecule has 0 aromatic carbocycles. The largest absolute Gasteiger partial charge is 0.481 e. The van der Waals surface area contributed by atoms with Gasteiger partial charge >= 0.3 is 5.97 Å². The van der Waals surface area contributed by atoms with Crippen molar-refractivity contribution >= 4 is 5.97 Å². The van der Waals surface area contributed by atoms with Gasteiger partial charge in [-0.1, -0.05) is 0 Å². The van der Waals surface area contributed by atoms with Crippen LogP contribution in [-0.4, -0.2) is 26.3 Å². The number of H-pyrrole nitrogens is 2. The summed E-state index contributed by atoms with van der Waals surface area (Å²) in [4.78, 5) is 25.9. The fourth-order valence-corrected chi connectivity index (χ4v) is 1.46. The Labute approximate surface area is 90.0 Å². The van der Waals surface area contributed by atoms with E-state index in [-0.39, 0.29) is 12.0 Å². The molecule has 0 fully saturated rings. The van der Waals surface area contributed by atoms with Crippen molar-refractivity contribution in [2.45, 2.75) is 6.42 Å². The second-order valence-electron chi connectivity index (χ2n) is 3.24. The Balaban J connectivity index is 2.50. The summed E-state index contributed by atoms with van der Waals surface area (Å²) in [5.74, 6) is -1.05. The van der Waals surface area contributed by atoms with Gasteiger partial charge in [0.25, 0.3) is 5.56 Å². The third-order valence-electron chi connectivity index (χ3n) is 2.16. The summed E-state index contributed by atoms with van der Waals surface area (Å²) in [5, 5.41) is 13.7. The molecule has 0 bridgehead atoms. The van der Waals surface area contributed by atoms with E-state index in [9.17, 15) is 9.59 Å². The number of hydrogen-bond acceptors (Lipinski definition) is 3. The summed E-state index contributed by atoms with van der Waals surface area (Å²) < 4.78 is 0. The number of aliphatic carboxylic acids is 1. The van der Waals surface area contributed by atoms with Crippen LogP contribution < -0.4 is 5.56 Å². The molecule has 0 radical (unpaired) electrons. The maximum Gasteiger partial charge on any atom is 0.308 e. The average Bonchev–Trinajstić information content (AvgIpc) is 2.61. The molecule has 0 aliphatic rings. The molecule has 0 amide bonds. The smallest absolute Gasteiger partial charge is 0.308 e. The van der Waals surface area contributed by atoms with Gasteiger partial charge < -0.3 is 5.11 Å². The van der Waals surface area contributed by atoms with Crippen LogP contribution in [0.4, 0.5) is 0 Å². The van der Waals surface area contributed by atoms with Crippen molar-refractivity contribution in [1.29, 1.82) is 0 Å². The lowest BCUT2D eigenvalue weighted by Gasteiger charge is -1.99. The molecule has 6 heteroatoms. The summed E-state index contributed by atoms with van der Waals surface area (Å²) in [6.07, 6.45) is 2.85. The van der Waals surface area contributed by atoms with E-state index >= 15 is 0 Å². The highest BCUT2D eigenvalue weighted by Crippen LogP contribution is 2.17. The standard InChI is InChI=1S/C10H9N3O3/c14-8(15)4-7-9(12-13-10(7)16)6-2-1-3-11-5-6/h1-3,5H,4H2,(H,14,15)(H2,12,13,16). The van der Waals surface area contributed by atoms with Crippen molar-refractivity contribution in [3.8, 4) is 11.3 Å². The van der Waals surface area contributed by atoms with Gasteiger partial charge in [-0.3, -0.25) is 24.8 Å². The van der Waals surface area contributed by atoms with E-state index in [4.69, 9.17) is 5.11 Å². The summed E-state index contributed by atoms with van der Waals surface area (Å²) >= 11 is 0. The first-order chi connectivity index (χ1) is 7.68. The molecular formula is C10H9N3O3. The fraction of sp³-hybridized carbons (Fsp3) is 0.100. The zero-order valence-electron chi connectivity index (χ0n) is 8.23. The summed E-state index contributed by atoms with van der Waals surface area (Å²) in [6.45, 7) is 0. The molecule has 0 spiro atoms. The summed E-state index contributed by atoms with van der Waals surface area (Å²) in [7, 11) is 0. The lowest BCUT2D eigenvalue weighted by molar-refractivity contribution is -0.136. The van der Waals surface area contributed by atoms with Crippen molar-refractivity contribution in [2.24, 2.45) is 0 Å². The molecule has 0 saturated heterocycles. The van der Waals surface area contributed by atoms with E-state index in [1.54, 1.807) is 24.5 Å². The Bertz CT molecular complexity index is 556. The van der Waals surface area contributed by atoms with Crippen LogP contribution in [0.1, 0.15) is 5.56 Å². The molecule has 2 rings (SSSR count). The number of nitrogens with zero attached hydrogens (tertiary/aromatic N) is 1. The van der Waals surface area contributed by atoms with Gasteiger partial charge in [-0.15, -0.1) is 0 Å². The van der Waals surface area contributed by atoms with Crippen LogP contribution >= 0.6 is 0 Å². The van der Waals surface area contributed by atoms with Crippen molar-refractivity contribution in [3.05, 3.63) is 40.4 Å². The highest BCUT2D eigenvalue weighted by molar-refractivity contribution is 5.74. The van der Waals surface area contributed by atoms with E-state index in [1.807, 2.05) is 0 Å². The van der Waals surface area contributed by atoms with Crippen LogP contribution in [0.5, 0.6) is 0 Å². The Kier molecular flexibility index (Phi) is 2.55. The van der Waals surface area contributed by atoms with Crippen LogP contribution in [0.15, 0.2) is 29.3 Å². The van der Waals surface area contributed by atoms with Crippen LogP contribution in [0, 0.1) is 0 Å². The summed E-state index contributed by atoms with van der Waals surface area (Å²) in [6, 6.07) is 3.46. The first-order valence-electron chi connectivity index (χ1n) is 4.60. The second-order valence-corrected chi connectivity index (χ2v) is 3.24. The predicted molar refractivity (Wildman–Crippen MR) is 56.0 cm³/mol. The van der Waals surface area contributed by atoms with Crippen LogP contribution in [0.25, 0.3) is 11.3 Å². The van der Waals surface area contributed by atoms with E-state index < -0.39 is 11.5 Å². The van der Waals surface area contributed by atoms with Crippen molar-refractivity contribution in [3.63, 3.8) is 0 Å². The second kappa shape index (κ2) is 4.01. The fourth-order valence-electron chi connectivity index (χ4n) is 1.46. The van der Waals surface area contributed by atoms with E-state index in [0.717, 1.165) is 0 Å². The molecule has 6 nitrogen and oxygen atoms in total. The molecule has 82 valence electrons. The summed E-state index contributed by atoms with van der Waals surface area (Å²) in [5.41, 5.74) is 0.944. The van der Waals surface area contributed by atoms with Gasteiger partial charge in [-0.05, 0) is 12.1 Å². The topological polar surface area (TPSA) is 98.8 Å². The van der Waals surface area contributed by atoms with Gasteiger partial charge in [-0.2, -0.15) is 0 Å². The van der Waals surface area contributed by atoms with Gasteiger partial charge in [0.15, 0.2) is 0 Å². The molecule has 2 heterocycles. The monoisotopic (exact) mass is 219 g/mol. The first-order valence-corrected chi connectivity index (χ1v) is 4.60. The normalized spacial score (nSPS) is 10.2. The number of pyridine rings is 1. The average molecular weight is 219 g/mol. The number of nitrogens with one attached hydrogen (secondary N) is 2. The van der Waals surface area contributed by atoms with Crippen molar-refractivity contribution in [2.75, 3.05) is 0 Å². The van der Waals surface area contributed by atoms with Gasteiger partial charge in [0, 0.05) is 18.0 Å². The van der Waals surface area contributed by atoms with Gasteiger partial charge in [0.05, 0.1) is 17.7 Å². The zero-order valence-corrected chi connectivity index (χ0v) is 8.23. The zero-order chi connectivity index (χ0) is 11.5.